The summed E-state index contributed by atoms with van der Waals surface area (Å²) in [5, 5.41) is 23.3. The van der Waals surface area contributed by atoms with Gasteiger partial charge in [-0.3, -0.25) is 9.59 Å². The van der Waals surface area contributed by atoms with Crippen LogP contribution in [0.1, 0.15) is 425 Å². The summed E-state index contributed by atoms with van der Waals surface area (Å²) in [6.07, 6.45) is 99.4. The minimum absolute atomic E-state index is 0.0110. The third-order valence-electron chi connectivity index (χ3n) is 18.1. The number of carbonyl (C=O) groups excluding carboxylic acids is 2. The maximum atomic E-state index is 12.5. The normalized spacial score (nSPS) is 12.7. The second kappa shape index (κ2) is 75.3. The molecule has 86 heavy (non-hydrogen) atoms. The van der Waals surface area contributed by atoms with Gasteiger partial charge in [-0.15, -0.1) is 0 Å². The van der Waals surface area contributed by atoms with Crippen molar-refractivity contribution in [2.75, 3.05) is 13.2 Å². The Morgan fingerprint density at radius 3 is 0.919 bits per heavy atom. The van der Waals surface area contributed by atoms with Crippen LogP contribution in [0.5, 0.6) is 0 Å². The Balaban J connectivity index is 3.37. The molecule has 2 atom stereocenters. The highest BCUT2D eigenvalue weighted by atomic mass is 16.5. The third kappa shape index (κ3) is 70.9. The van der Waals surface area contributed by atoms with Crippen LogP contribution >= 0.6 is 0 Å². The van der Waals surface area contributed by atoms with Crippen molar-refractivity contribution < 1.29 is 24.5 Å². The zero-order valence-electron chi connectivity index (χ0n) is 58.1. The fraction of sp³-hybridized carbons (Fsp3) is 0.875. The quantitative estimate of drug-likeness (QED) is 0.0320. The Bertz CT molecular complexity index is 1440. The monoisotopic (exact) mass is 1210 g/mol. The van der Waals surface area contributed by atoms with Crippen LogP contribution in [0.3, 0.4) is 0 Å². The summed E-state index contributed by atoms with van der Waals surface area (Å²) < 4.78 is 5.50. The van der Waals surface area contributed by atoms with Crippen LogP contribution in [0, 0.1) is 0 Å². The molecule has 0 aliphatic rings. The Morgan fingerprint density at radius 1 is 0.326 bits per heavy atom. The minimum atomic E-state index is -0.844. The van der Waals surface area contributed by atoms with E-state index in [2.05, 4.69) is 55.6 Å². The topological polar surface area (TPSA) is 95.9 Å². The lowest BCUT2D eigenvalue weighted by molar-refractivity contribution is -0.143. The van der Waals surface area contributed by atoms with E-state index in [0.29, 0.717) is 19.4 Å². The molecule has 0 aliphatic carbocycles. The summed E-state index contributed by atoms with van der Waals surface area (Å²) in [6.45, 7) is 4.91. The van der Waals surface area contributed by atoms with Crippen LogP contribution in [0.25, 0.3) is 0 Å². The van der Waals surface area contributed by atoms with E-state index in [1.54, 1.807) is 6.08 Å². The summed E-state index contributed by atoms with van der Waals surface area (Å²) in [5.74, 6) is -0.0503. The van der Waals surface area contributed by atoms with Gasteiger partial charge in [0.05, 0.1) is 25.4 Å². The average molecular weight is 1210 g/mol. The van der Waals surface area contributed by atoms with Gasteiger partial charge in [0.2, 0.25) is 5.91 Å². The first kappa shape index (κ1) is 83.8. The summed E-state index contributed by atoms with van der Waals surface area (Å²) in [7, 11) is 0. The molecular weight excluding hydrogens is 1050 g/mol. The third-order valence-corrected chi connectivity index (χ3v) is 18.1. The molecule has 0 saturated carbocycles. The van der Waals surface area contributed by atoms with Gasteiger partial charge in [0.1, 0.15) is 0 Å². The summed E-state index contributed by atoms with van der Waals surface area (Å²) in [5.41, 5.74) is 0. The van der Waals surface area contributed by atoms with Crippen molar-refractivity contribution in [1.29, 1.82) is 0 Å². The number of ether oxygens (including phenoxy) is 1. The Labute approximate surface area is 537 Å². The van der Waals surface area contributed by atoms with E-state index in [1.807, 2.05) is 6.08 Å². The van der Waals surface area contributed by atoms with Crippen LogP contribution in [-0.2, 0) is 14.3 Å². The van der Waals surface area contributed by atoms with Gasteiger partial charge in [-0.2, -0.15) is 0 Å². The number of unbranched alkanes of at least 4 members (excludes halogenated alkanes) is 56. The number of aliphatic hydroxyl groups excluding tert-OH is 2. The Kier molecular flexibility index (Phi) is 73.4. The van der Waals surface area contributed by atoms with E-state index >= 15 is 0 Å². The van der Waals surface area contributed by atoms with Crippen molar-refractivity contribution in [2.24, 2.45) is 0 Å². The molecule has 0 rings (SSSR count). The maximum absolute atomic E-state index is 12.5. The summed E-state index contributed by atoms with van der Waals surface area (Å²) in [4.78, 5) is 24.6. The highest BCUT2D eigenvalue weighted by molar-refractivity contribution is 5.76. The maximum Gasteiger partial charge on any atom is 0.305 e. The first-order valence-electron chi connectivity index (χ1n) is 38.9. The largest absolute Gasteiger partial charge is 0.466 e. The second-order valence-corrected chi connectivity index (χ2v) is 26.7. The van der Waals surface area contributed by atoms with Gasteiger partial charge in [0.15, 0.2) is 0 Å². The van der Waals surface area contributed by atoms with Gasteiger partial charge in [-0.1, -0.05) is 371 Å². The molecule has 0 aromatic rings. The van der Waals surface area contributed by atoms with Gasteiger partial charge in [-0.25, -0.2) is 0 Å². The molecular formula is C80H151NO5. The van der Waals surface area contributed by atoms with E-state index in [4.69, 9.17) is 4.74 Å². The van der Waals surface area contributed by atoms with Crippen LogP contribution in [0.15, 0.2) is 48.6 Å². The Morgan fingerprint density at radius 2 is 0.581 bits per heavy atom. The Hall–Kier alpha value is -2.18. The molecule has 3 N–H and O–H groups in total. The van der Waals surface area contributed by atoms with Gasteiger partial charge in [0, 0.05) is 12.8 Å². The summed E-state index contributed by atoms with van der Waals surface area (Å²) in [6, 6.07) is -0.627. The first-order valence-corrected chi connectivity index (χ1v) is 38.9. The van der Waals surface area contributed by atoms with E-state index < -0.39 is 12.1 Å². The van der Waals surface area contributed by atoms with E-state index in [1.165, 1.54) is 347 Å². The molecule has 0 aliphatic heterocycles. The minimum Gasteiger partial charge on any atom is -0.466 e. The predicted molar refractivity (Wildman–Crippen MR) is 379 cm³/mol. The van der Waals surface area contributed by atoms with Crippen molar-refractivity contribution in [1.82, 2.24) is 5.32 Å². The highest BCUT2D eigenvalue weighted by Crippen LogP contribution is 2.19. The molecule has 0 fully saturated rings. The van der Waals surface area contributed by atoms with Crippen LogP contribution in [-0.4, -0.2) is 47.4 Å². The lowest BCUT2D eigenvalue weighted by Crippen LogP contribution is -2.45. The second-order valence-electron chi connectivity index (χ2n) is 26.7. The lowest BCUT2D eigenvalue weighted by Gasteiger charge is -2.20. The number of rotatable bonds is 73. The van der Waals surface area contributed by atoms with Crippen LogP contribution in [0.4, 0.5) is 0 Å². The van der Waals surface area contributed by atoms with Gasteiger partial charge in [0.25, 0.3) is 0 Å². The predicted octanol–water partition coefficient (Wildman–Crippen LogP) is 25.6. The van der Waals surface area contributed by atoms with Crippen LogP contribution in [0.2, 0.25) is 0 Å². The van der Waals surface area contributed by atoms with Crippen molar-refractivity contribution in [3.63, 3.8) is 0 Å². The molecule has 0 saturated heterocycles. The fourth-order valence-electron chi connectivity index (χ4n) is 12.1. The SMILES string of the molecule is CCCCC/C=C\C/C=C\CCCCCCCCCC(=O)OCCCCCCCCCCCCCC/C=C\CCCCCCCCCCCCCCCCCCCC(=O)NC(CO)C(O)/C=C/CCCCCCCCCCCCCCCCCCC. The fourth-order valence-corrected chi connectivity index (χ4v) is 12.1. The molecule has 6 nitrogen and oxygen atoms in total. The molecule has 506 valence electrons. The molecule has 0 bridgehead atoms. The van der Waals surface area contributed by atoms with E-state index in [0.717, 1.165) is 51.4 Å². The number of amides is 1. The molecule has 0 aromatic heterocycles. The summed E-state index contributed by atoms with van der Waals surface area (Å²) >= 11 is 0. The van der Waals surface area contributed by atoms with Crippen molar-refractivity contribution in [3.05, 3.63) is 48.6 Å². The van der Waals surface area contributed by atoms with E-state index in [9.17, 15) is 19.8 Å². The van der Waals surface area contributed by atoms with Crippen molar-refractivity contribution >= 4 is 11.9 Å². The smallest absolute Gasteiger partial charge is 0.305 e. The van der Waals surface area contributed by atoms with Gasteiger partial charge >= 0.3 is 5.97 Å². The van der Waals surface area contributed by atoms with E-state index in [-0.39, 0.29) is 18.5 Å². The molecule has 0 aromatic carbocycles. The number of hydrogen-bond donors (Lipinski definition) is 3. The molecule has 0 radical (unpaired) electrons. The molecule has 6 heteroatoms. The van der Waals surface area contributed by atoms with Gasteiger partial charge in [-0.05, 0) is 89.9 Å². The van der Waals surface area contributed by atoms with Crippen molar-refractivity contribution in [2.45, 2.75) is 437 Å². The van der Waals surface area contributed by atoms with Crippen LogP contribution < -0.4 is 5.32 Å². The number of carbonyl (C=O) groups is 2. The number of nitrogens with one attached hydrogen (secondary N) is 1. The average Bonchev–Trinajstić information content (AvgIpc) is 3.55. The number of aliphatic hydroxyl groups is 2. The van der Waals surface area contributed by atoms with Crippen molar-refractivity contribution in [3.8, 4) is 0 Å². The molecule has 2 unspecified atom stereocenters. The molecule has 0 spiro atoms. The molecule has 0 heterocycles. The number of allylic oxidation sites excluding steroid dienone is 7. The number of esters is 1. The first-order chi connectivity index (χ1) is 42.5. The molecule has 1 amide bonds. The number of hydrogen-bond acceptors (Lipinski definition) is 5. The standard InChI is InChI=1S/C80H151NO5/c1-3-5-7-9-11-13-15-17-19-21-37-41-44-48-52-56-60-64-68-72-78(83)77(76-82)81-79(84)73-69-65-61-57-53-49-45-42-38-35-33-31-29-27-25-23-22-24-26-28-30-32-34-36-39-43-47-51-55-59-63-67-71-75-86-80(85)74-70-66-62-58-54-50-46-40-20-18-16-14-12-10-8-6-4-2/h12,14,18,20,26,28,68,72,77-78,82-83H,3-11,13,15-17,19,21-25,27,29-67,69-71,73-76H2,1-2H3,(H,81,84)/b14-12-,20-18-,28-26-,72-68+. The lowest BCUT2D eigenvalue weighted by atomic mass is 10.0. The zero-order chi connectivity index (χ0) is 62.0. The zero-order valence-corrected chi connectivity index (χ0v) is 58.1. The highest BCUT2D eigenvalue weighted by Gasteiger charge is 2.18. The van der Waals surface area contributed by atoms with Gasteiger partial charge < -0.3 is 20.3 Å².